The molecule has 0 amide bonds. The first-order chi connectivity index (χ1) is 14.3. The third kappa shape index (κ3) is 2.47. The summed E-state index contributed by atoms with van der Waals surface area (Å²) in [6, 6.07) is 31.4. The van der Waals surface area contributed by atoms with Crippen molar-refractivity contribution in [1.29, 1.82) is 0 Å². The Kier molecular flexibility index (Phi) is 3.64. The Labute approximate surface area is 171 Å². The highest BCUT2D eigenvalue weighted by Gasteiger charge is 2.21. The van der Waals surface area contributed by atoms with Crippen LogP contribution in [0.25, 0.3) is 32.9 Å². The van der Waals surface area contributed by atoms with Gasteiger partial charge >= 0.3 is 0 Å². The molecule has 6 rings (SSSR count). The lowest BCUT2D eigenvalue weighted by atomic mass is 10.0. The molecule has 1 aromatic heterocycles. The molecule has 1 aliphatic rings. The fraction of sp³-hybridized carbons (Fsp3) is 0.143. The first-order valence-electron chi connectivity index (χ1n) is 10.5. The zero-order chi connectivity index (χ0) is 19.4. The Bertz CT molecular complexity index is 1390. The van der Waals surface area contributed by atoms with Crippen LogP contribution >= 0.6 is 0 Å². The molecule has 0 N–H and O–H groups in total. The van der Waals surface area contributed by atoms with Crippen LogP contribution in [0, 0.1) is 0 Å². The fourth-order valence-electron chi connectivity index (χ4n) is 5.03. The minimum absolute atomic E-state index is 0.911. The van der Waals surface area contributed by atoms with Crippen LogP contribution in [-0.4, -0.2) is 4.57 Å². The van der Waals surface area contributed by atoms with Crippen molar-refractivity contribution in [3.8, 4) is 11.1 Å². The van der Waals surface area contributed by atoms with Crippen LogP contribution in [0.4, 0.5) is 0 Å². The van der Waals surface area contributed by atoms with Gasteiger partial charge in [0.25, 0.3) is 0 Å². The quantitative estimate of drug-likeness (QED) is 0.315. The van der Waals surface area contributed by atoms with Crippen LogP contribution in [0.5, 0.6) is 0 Å². The largest absolute Gasteiger partial charge is 0.336 e. The molecule has 0 saturated heterocycles. The molecule has 0 atom stereocenters. The maximum Gasteiger partial charge on any atom is 0.0497 e. The van der Waals surface area contributed by atoms with E-state index in [9.17, 15) is 0 Å². The summed E-state index contributed by atoms with van der Waals surface area (Å²) in [5.41, 5.74) is 11.3. The van der Waals surface area contributed by atoms with Crippen molar-refractivity contribution < 1.29 is 0 Å². The standard InChI is InChI=1S/C28H23N/c1-2-19-14-15-25-24-11-5-6-13-27(24)29(28(25)16-19)18-21-9-7-12-23-22-10-4-3-8-20(22)17-26(21)23/h3-16H,2,17-18H2,1H3. The van der Waals surface area contributed by atoms with Gasteiger partial charge in [-0.3, -0.25) is 0 Å². The maximum atomic E-state index is 2.52. The molecule has 1 nitrogen and oxygen atoms in total. The van der Waals surface area contributed by atoms with E-state index in [4.69, 9.17) is 0 Å². The summed E-state index contributed by atoms with van der Waals surface area (Å²) in [5.74, 6) is 0. The Morgan fingerprint density at radius 2 is 1.52 bits per heavy atom. The monoisotopic (exact) mass is 373 g/mol. The average Bonchev–Trinajstić information content (AvgIpc) is 3.30. The zero-order valence-electron chi connectivity index (χ0n) is 16.7. The SMILES string of the molecule is CCc1ccc2c3ccccc3n(Cc3cccc4c3Cc3ccccc3-4)c2c1. The van der Waals surface area contributed by atoms with Gasteiger partial charge in [-0.25, -0.2) is 0 Å². The van der Waals surface area contributed by atoms with Crippen LogP contribution in [-0.2, 0) is 19.4 Å². The van der Waals surface area contributed by atoms with Crippen molar-refractivity contribution in [2.24, 2.45) is 0 Å². The number of benzene rings is 4. The number of hydrogen-bond acceptors (Lipinski definition) is 0. The molecular formula is C28H23N. The molecule has 0 bridgehead atoms. The number of para-hydroxylation sites is 1. The summed E-state index contributed by atoms with van der Waals surface area (Å²) in [4.78, 5) is 0. The van der Waals surface area contributed by atoms with Crippen molar-refractivity contribution in [3.05, 3.63) is 107 Å². The number of aryl methyl sites for hydroxylation is 1. The number of aromatic nitrogens is 1. The second-order valence-corrected chi connectivity index (χ2v) is 8.09. The third-order valence-corrected chi connectivity index (χ3v) is 6.52. The Hall–Kier alpha value is -3.32. The second-order valence-electron chi connectivity index (χ2n) is 8.09. The summed E-state index contributed by atoms with van der Waals surface area (Å²) in [7, 11) is 0. The minimum atomic E-state index is 0.911. The third-order valence-electron chi connectivity index (χ3n) is 6.52. The molecule has 0 spiro atoms. The van der Waals surface area contributed by atoms with Crippen LogP contribution < -0.4 is 0 Å². The van der Waals surface area contributed by atoms with Gasteiger partial charge in [-0.05, 0) is 58.4 Å². The molecule has 140 valence electrons. The van der Waals surface area contributed by atoms with E-state index in [2.05, 4.69) is 96.4 Å². The van der Waals surface area contributed by atoms with Gasteiger partial charge in [0, 0.05) is 28.4 Å². The van der Waals surface area contributed by atoms with Crippen molar-refractivity contribution in [1.82, 2.24) is 4.57 Å². The number of rotatable bonds is 3. The molecule has 0 aliphatic heterocycles. The van der Waals surface area contributed by atoms with E-state index in [0.717, 1.165) is 19.4 Å². The summed E-state index contributed by atoms with van der Waals surface area (Å²) in [6.45, 7) is 3.14. The predicted octanol–water partition coefficient (Wildman–Crippen LogP) is 6.98. The van der Waals surface area contributed by atoms with Gasteiger partial charge < -0.3 is 4.57 Å². The van der Waals surface area contributed by atoms with Crippen molar-refractivity contribution in [2.75, 3.05) is 0 Å². The molecular weight excluding hydrogens is 350 g/mol. The Balaban J connectivity index is 1.56. The van der Waals surface area contributed by atoms with E-state index in [0.29, 0.717) is 0 Å². The van der Waals surface area contributed by atoms with Crippen LogP contribution in [0.3, 0.4) is 0 Å². The molecule has 4 aromatic carbocycles. The van der Waals surface area contributed by atoms with Gasteiger partial charge in [0.1, 0.15) is 0 Å². The first-order valence-corrected chi connectivity index (χ1v) is 10.5. The second kappa shape index (κ2) is 6.35. The van der Waals surface area contributed by atoms with E-state index >= 15 is 0 Å². The molecule has 0 radical (unpaired) electrons. The number of hydrogen-bond donors (Lipinski definition) is 0. The van der Waals surface area contributed by atoms with Gasteiger partial charge in [0.2, 0.25) is 0 Å². The average molecular weight is 373 g/mol. The van der Waals surface area contributed by atoms with E-state index < -0.39 is 0 Å². The topological polar surface area (TPSA) is 4.93 Å². The lowest BCUT2D eigenvalue weighted by molar-refractivity contribution is 0.857. The summed E-state index contributed by atoms with van der Waals surface area (Å²) in [5, 5.41) is 2.70. The highest BCUT2D eigenvalue weighted by Crippen LogP contribution is 2.39. The van der Waals surface area contributed by atoms with E-state index in [1.807, 2.05) is 0 Å². The number of nitrogens with zero attached hydrogens (tertiary/aromatic N) is 1. The van der Waals surface area contributed by atoms with Gasteiger partial charge in [-0.2, -0.15) is 0 Å². The van der Waals surface area contributed by atoms with Gasteiger partial charge in [0.15, 0.2) is 0 Å². The maximum absolute atomic E-state index is 2.52. The van der Waals surface area contributed by atoms with E-state index in [1.54, 1.807) is 0 Å². The molecule has 0 saturated carbocycles. The van der Waals surface area contributed by atoms with Crippen molar-refractivity contribution in [3.63, 3.8) is 0 Å². The summed E-state index contributed by atoms with van der Waals surface area (Å²) >= 11 is 0. The lowest BCUT2D eigenvalue weighted by Gasteiger charge is -2.13. The van der Waals surface area contributed by atoms with E-state index in [-0.39, 0.29) is 0 Å². The fourth-order valence-corrected chi connectivity index (χ4v) is 5.03. The molecule has 5 aromatic rings. The highest BCUT2D eigenvalue weighted by atomic mass is 15.0. The Morgan fingerprint density at radius 3 is 2.45 bits per heavy atom. The van der Waals surface area contributed by atoms with E-state index in [1.165, 1.54) is 55.2 Å². The van der Waals surface area contributed by atoms with Crippen molar-refractivity contribution >= 4 is 21.8 Å². The zero-order valence-corrected chi connectivity index (χ0v) is 16.7. The highest BCUT2D eigenvalue weighted by molar-refractivity contribution is 6.08. The molecule has 29 heavy (non-hydrogen) atoms. The molecule has 1 aliphatic carbocycles. The van der Waals surface area contributed by atoms with Gasteiger partial charge in [-0.1, -0.05) is 79.7 Å². The lowest BCUT2D eigenvalue weighted by Crippen LogP contribution is -2.03. The summed E-state index contributed by atoms with van der Waals surface area (Å²) in [6.07, 6.45) is 2.10. The van der Waals surface area contributed by atoms with Crippen LogP contribution in [0.2, 0.25) is 0 Å². The molecule has 0 unspecified atom stereocenters. The van der Waals surface area contributed by atoms with Crippen LogP contribution in [0.15, 0.2) is 84.9 Å². The predicted molar refractivity (Wildman–Crippen MR) is 123 cm³/mol. The molecule has 1 heterocycles. The normalized spacial score (nSPS) is 12.4. The smallest absolute Gasteiger partial charge is 0.0497 e. The number of fused-ring (bicyclic) bond motifs is 6. The van der Waals surface area contributed by atoms with Crippen LogP contribution in [0.1, 0.15) is 29.2 Å². The Morgan fingerprint density at radius 1 is 0.724 bits per heavy atom. The van der Waals surface area contributed by atoms with Gasteiger partial charge in [0.05, 0.1) is 0 Å². The first kappa shape index (κ1) is 16.6. The molecule has 1 heteroatoms. The summed E-state index contributed by atoms with van der Waals surface area (Å²) < 4.78 is 2.52. The van der Waals surface area contributed by atoms with Crippen molar-refractivity contribution in [2.45, 2.75) is 26.3 Å². The van der Waals surface area contributed by atoms with Gasteiger partial charge in [-0.15, -0.1) is 0 Å². The molecule has 0 fully saturated rings. The minimum Gasteiger partial charge on any atom is -0.336 e.